The van der Waals surface area contributed by atoms with Crippen LogP contribution in [0, 0.1) is 0 Å². The monoisotopic (exact) mass is 239 g/mol. The minimum atomic E-state index is -0.245. The van der Waals surface area contributed by atoms with Crippen LogP contribution >= 0.6 is 0 Å². The Morgan fingerprint density at radius 2 is 1.44 bits per heavy atom. The van der Waals surface area contributed by atoms with E-state index in [-0.39, 0.29) is 12.1 Å². The van der Waals surface area contributed by atoms with Crippen LogP contribution in [-0.2, 0) is 12.8 Å². The first-order valence-electron chi connectivity index (χ1n) is 6.32. The first-order chi connectivity index (χ1) is 8.81. The molecule has 1 aliphatic rings. The van der Waals surface area contributed by atoms with Crippen molar-refractivity contribution >= 4 is 5.69 Å². The molecule has 0 fully saturated rings. The van der Waals surface area contributed by atoms with Gasteiger partial charge in [0.15, 0.2) is 0 Å². The standard InChI is InChI=1S/C16H17NO/c18-12-16(17-15-8-2-1-3-9-15)10-13-6-4-5-7-14(13)11-16/h1-9,17-18H,10-12H2. The van der Waals surface area contributed by atoms with E-state index >= 15 is 0 Å². The Morgan fingerprint density at radius 3 is 2.00 bits per heavy atom. The van der Waals surface area contributed by atoms with E-state index in [2.05, 4.69) is 29.6 Å². The Morgan fingerprint density at radius 1 is 0.889 bits per heavy atom. The molecule has 18 heavy (non-hydrogen) atoms. The normalized spacial score (nSPS) is 16.3. The van der Waals surface area contributed by atoms with Gasteiger partial charge >= 0.3 is 0 Å². The first kappa shape index (κ1) is 11.3. The molecule has 0 unspecified atom stereocenters. The van der Waals surface area contributed by atoms with Gasteiger partial charge in [-0.05, 0) is 36.1 Å². The largest absolute Gasteiger partial charge is 0.394 e. The molecule has 2 N–H and O–H groups in total. The van der Waals surface area contributed by atoms with Crippen molar-refractivity contribution in [3.63, 3.8) is 0 Å². The van der Waals surface area contributed by atoms with E-state index in [1.807, 2.05) is 30.3 Å². The highest BCUT2D eigenvalue weighted by Crippen LogP contribution is 2.32. The molecule has 2 nitrogen and oxygen atoms in total. The summed E-state index contributed by atoms with van der Waals surface area (Å²) in [6, 6.07) is 18.5. The molecule has 2 heteroatoms. The fraction of sp³-hybridized carbons (Fsp3) is 0.250. The third kappa shape index (κ3) is 2.00. The van der Waals surface area contributed by atoms with Gasteiger partial charge in [-0.15, -0.1) is 0 Å². The Bertz CT molecular complexity index is 511. The van der Waals surface area contributed by atoms with Crippen molar-refractivity contribution in [1.82, 2.24) is 0 Å². The highest BCUT2D eigenvalue weighted by Gasteiger charge is 2.36. The fourth-order valence-electron chi connectivity index (χ4n) is 2.76. The zero-order valence-electron chi connectivity index (χ0n) is 10.3. The average Bonchev–Trinajstić information content (AvgIpc) is 2.78. The van der Waals surface area contributed by atoms with Gasteiger partial charge in [0, 0.05) is 5.69 Å². The van der Waals surface area contributed by atoms with Gasteiger partial charge in [-0.1, -0.05) is 42.5 Å². The second kappa shape index (κ2) is 4.46. The summed E-state index contributed by atoms with van der Waals surface area (Å²) >= 11 is 0. The van der Waals surface area contributed by atoms with Crippen LogP contribution in [-0.4, -0.2) is 17.3 Å². The molecular formula is C16H17NO. The predicted octanol–water partition coefficient (Wildman–Crippen LogP) is 2.63. The molecule has 2 aromatic rings. The Labute approximate surface area is 107 Å². The van der Waals surface area contributed by atoms with Crippen molar-refractivity contribution in [2.24, 2.45) is 0 Å². The van der Waals surface area contributed by atoms with Crippen molar-refractivity contribution in [3.8, 4) is 0 Å². The molecule has 2 aromatic carbocycles. The molecule has 3 rings (SSSR count). The molecule has 0 spiro atoms. The van der Waals surface area contributed by atoms with Crippen molar-refractivity contribution in [2.75, 3.05) is 11.9 Å². The molecule has 0 heterocycles. The number of para-hydroxylation sites is 1. The fourth-order valence-corrected chi connectivity index (χ4v) is 2.76. The maximum atomic E-state index is 9.79. The first-order valence-corrected chi connectivity index (χ1v) is 6.32. The minimum absolute atomic E-state index is 0.149. The zero-order valence-corrected chi connectivity index (χ0v) is 10.3. The second-order valence-corrected chi connectivity index (χ2v) is 5.05. The summed E-state index contributed by atoms with van der Waals surface area (Å²) in [5.74, 6) is 0. The van der Waals surface area contributed by atoms with E-state index in [4.69, 9.17) is 0 Å². The van der Waals surface area contributed by atoms with Gasteiger partial charge < -0.3 is 10.4 Å². The summed E-state index contributed by atoms with van der Waals surface area (Å²) in [6.07, 6.45) is 1.77. The van der Waals surface area contributed by atoms with Gasteiger partial charge in [0.05, 0.1) is 12.1 Å². The highest BCUT2D eigenvalue weighted by atomic mass is 16.3. The molecule has 92 valence electrons. The van der Waals surface area contributed by atoms with Gasteiger partial charge in [0.25, 0.3) is 0 Å². The molecule has 0 aromatic heterocycles. The summed E-state index contributed by atoms with van der Waals surface area (Å²) in [4.78, 5) is 0. The quantitative estimate of drug-likeness (QED) is 0.863. The zero-order chi connectivity index (χ0) is 12.4. The molecule has 0 saturated carbocycles. The topological polar surface area (TPSA) is 32.3 Å². The number of fused-ring (bicyclic) bond motifs is 1. The molecule has 0 aliphatic heterocycles. The number of hydrogen-bond donors (Lipinski definition) is 2. The van der Waals surface area contributed by atoms with Crippen LogP contribution in [0.1, 0.15) is 11.1 Å². The Kier molecular flexibility index (Phi) is 2.80. The van der Waals surface area contributed by atoms with Gasteiger partial charge in [-0.3, -0.25) is 0 Å². The summed E-state index contributed by atoms with van der Waals surface area (Å²) in [7, 11) is 0. The maximum Gasteiger partial charge on any atom is 0.0684 e. The Balaban J connectivity index is 1.86. The van der Waals surface area contributed by atoms with E-state index in [0.717, 1.165) is 18.5 Å². The molecule has 0 amide bonds. The van der Waals surface area contributed by atoms with Gasteiger partial charge in [0.1, 0.15) is 0 Å². The predicted molar refractivity (Wildman–Crippen MR) is 73.7 cm³/mol. The van der Waals surface area contributed by atoms with E-state index < -0.39 is 0 Å². The molecule has 0 radical (unpaired) electrons. The number of hydrogen-bond acceptors (Lipinski definition) is 2. The molecule has 0 bridgehead atoms. The molecular weight excluding hydrogens is 222 g/mol. The lowest BCUT2D eigenvalue weighted by Crippen LogP contribution is -2.43. The summed E-state index contributed by atoms with van der Waals surface area (Å²) in [5.41, 5.74) is 3.51. The number of aliphatic hydroxyl groups is 1. The molecule has 1 aliphatic carbocycles. The van der Waals surface area contributed by atoms with Gasteiger partial charge in [-0.2, -0.15) is 0 Å². The second-order valence-electron chi connectivity index (χ2n) is 5.05. The molecule has 0 atom stereocenters. The van der Waals surface area contributed by atoms with Crippen LogP contribution in [0.2, 0.25) is 0 Å². The smallest absolute Gasteiger partial charge is 0.0684 e. The van der Waals surface area contributed by atoms with Crippen molar-refractivity contribution in [3.05, 3.63) is 65.7 Å². The highest BCUT2D eigenvalue weighted by molar-refractivity contribution is 5.49. The van der Waals surface area contributed by atoms with E-state index in [1.165, 1.54) is 11.1 Å². The van der Waals surface area contributed by atoms with Crippen LogP contribution in [0.3, 0.4) is 0 Å². The summed E-state index contributed by atoms with van der Waals surface area (Å²) < 4.78 is 0. The van der Waals surface area contributed by atoms with E-state index in [1.54, 1.807) is 0 Å². The third-order valence-electron chi connectivity index (χ3n) is 3.66. The SMILES string of the molecule is OCC1(Nc2ccccc2)Cc2ccccc2C1. The average molecular weight is 239 g/mol. The number of aliphatic hydroxyl groups excluding tert-OH is 1. The van der Waals surface area contributed by atoms with Gasteiger partial charge in [0.2, 0.25) is 0 Å². The van der Waals surface area contributed by atoms with Crippen molar-refractivity contribution in [1.29, 1.82) is 0 Å². The van der Waals surface area contributed by atoms with E-state index in [0.29, 0.717) is 0 Å². The maximum absolute atomic E-state index is 9.79. The van der Waals surface area contributed by atoms with Crippen LogP contribution in [0.5, 0.6) is 0 Å². The summed E-state index contributed by atoms with van der Waals surface area (Å²) in [5, 5.41) is 13.3. The van der Waals surface area contributed by atoms with Crippen molar-refractivity contribution < 1.29 is 5.11 Å². The van der Waals surface area contributed by atoms with Gasteiger partial charge in [-0.25, -0.2) is 0 Å². The number of nitrogens with one attached hydrogen (secondary N) is 1. The lowest BCUT2D eigenvalue weighted by atomic mass is 9.96. The number of rotatable bonds is 3. The number of anilines is 1. The van der Waals surface area contributed by atoms with Crippen molar-refractivity contribution in [2.45, 2.75) is 18.4 Å². The van der Waals surface area contributed by atoms with E-state index in [9.17, 15) is 5.11 Å². The lowest BCUT2D eigenvalue weighted by Gasteiger charge is -2.29. The van der Waals surface area contributed by atoms with Crippen LogP contribution in [0.4, 0.5) is 5.69 Å². The minimum Gasteiger partial charge on any atom is -0.394 e. The van der Waals surface area contributed by atoms with Crippen LogP contribution < -0.4 is 5.32 Å². The lowest BCUT2D eigenvalue weighted by molar-refractivity contribution is 0.216. The summed E-state index contributed by atoms with van der Waals surface area (Å²) in [6.45, 7) is 0.149. The number of benzene rings is 2. The molecule has 0 saturated heterocycles. The van der Waals surface area contributed by atoms with Crippen LogP contribution in [0.25, 0.3) is 0 Å². The Hall–Kier alpha value is -1.80. The van der Waals surface area contributed by atoms with Crippen LogP contribution in [0.15, 0.2) is 54.6 Å². The third-order valence-corrected chi connectivity index (χ3v) is 3.66.